The van der Waals surface area contributed by atoms with Crippen molar-refractivity contribution in [3.05, 3.63) is 78.4 Å². The van der Waals surface area contributed by atoms with Gasteiger partial charge in [0.2, 0.25) is 0 Å². The Kier molecular flexibility index (Phi) is 8.83. The van der Waals surface area contributed by atoms with Crippen molar-refractivity contribution >= 4 is 0 Å². The number of hydrogen-bond acceptors (Lipinski definition) is 2. The maximum atomic E-state index is 10.1. The summed E-state index contributed by atoms with van der Waals surface area (Å²) in [5, 5.41) is 10.1. The minimum atomic E-state index is 0.152. The lowest BCUT2D eigenvalue weighted by atomic mass is 9.95. The van der Waals surface area contributed by atoms with Gasteiger partial charge in [-0.15, -0.1) is 0 Å². The number of aromatic hydroxyl groups is 1. The molecule has 0 radical (unpaired) electrons. The molecule has 0 aliphatic carbocycles. The molecule has 0 atom stereocenters. The van der Waals surface area contributed by atoms with Gasteiger partial charge in [0.05, 0.1) is 0 Å². The molecule has 158 valence electrons. The SMILES string of the molecule is CCCCCCCCCCc1ccccc1-c1ccccc1Oc1ccccc1O. The first-order chi connectivity index (χ1) is 14.8. The average molecular weight is 403 g/mol. The fourth-order valence-corrected chi connectivity index (χ4v) is 3.89. The predicted molar refractivity (Wildman–Crippen MR) is 126 cm³/mol. The third kappa shape index (κ3) is 6.38. The summed E-state index contributed by atoms with van der Waals surface area (Å²) in [7, 11) is 0. The van der Waals surface area contributed by atoms with Gasteiger partial charge in [-0.1, -0.05) is 106 Å². The number of ether oxygens (including phenoxy) is 1. The van der Waals surface area contributed by atoms with E-state index < -0.39 is 0 Å². The standard InChI is InChI=1S/C28H34O2/c1-2-3-4-5-6-7-8-9-16-23-17-10-11-18-24(23)25-19-12-14-21-27(25)30-28-22-15-13-20-26(28)29/h10-15,17-22,29H,2-9,16H2,1H3. The second-order valence-electron chi connectivity index (χ2n) is 7.95. The molecule has 3 aromatic carbocycles. The zero-order valence-electron chi connectivity index (χ0n) is 18.1. The van der Waals surface area contributed by atoms with E-state index in [1.165, 1.54) is 62.5 Å². The number of hydrogen-bond donors (Lipinski definition) is 1. The summed E-state index contributed by atoms with van der Waals surface area (Å²) in [6.45, 7) is 2.27. The molecule has 0 spiro atoms. The van der Waals surface area contributed by atoms with E-state index in [9.17, 15) is 5.11 Å². The number of para-hydroxylation sites is 3. The van der Waals surface area contributed by atoms with Gasteiger partial charge in [-0.25, -0.2) is 0 Å². The van der Waals surface area contributed by atoms with E-state index in [2.05, 4.69) is 37.3 Å². The number of unbranched alkanes of at least 4 members (excludes halogenated alkanes) is 7. The van der Waals surface area contributed by atoms with Gasteiger partial charge in [0, 0.05) is 5.56 Å². The highest BCUT2D eigenvalue weighted by Gasteiger charge is 2.12. The van der Waals surface area contributed by atoms with Crippen molar-refractivity contribution in [2.75, 3.05) is 0 Å². The zero-order valence-corrected chi connectivity index (χ0v) is 18.1. The molecule has 30 heavy (non-hydrogen) atoms. The van der Waals surface area contributed by atoms with Crippen LogP contribution in [-0.4, -0.2) is 5.11 Å². The molecule has 1 N–H and O–H groups in total. The molecule has 0 unspecified atom stereocenters. The Bertz CT molecular complexity index is 900. The molecule has 3 rings (SSSR count). The second-order valence-corrected chi connectivity index (χ2v) is 7.95. The first-order valence-electron chi connectivity index (χ1n) is 11.4. The molecule has 2 nitrogen and oxygen atoms in total. The number of rotatable bonds is 12. The van der Waals surface area contributed by atoms with Crippen LogP contribution in [0, 0.1) is 0 Å². The van der Waals surface area contributed by atoms with Gasteiger partial charge in [0.25, 0.3) is 0 Å². The topological polar surface area (TPSA) is 29.5 Å². The van der Waals surface area contributed by atoms with E-state index in [0.717, 1.165) is 17.7 Å². The summed E-state index contributed by atoms with van der Waals surface area (Å²) >= 11 is 0. The van der Waals surface area contributed by atoms with Gasteiger partial charge in [0.15, 0.2) is 11.5 Å². The third-order valence-electron chi connectivity index (χ3n) is 5.58. The van der Waals surface area contributed by atoms with Crippen LogP contribution in [0.5, 0.6) is 17.2 Å². The van der Waals surface area contributed by atoms with Crippen LogP contribution >= 0.6 is 0 Å². The van der Waals surface area contributed by atoms with Crippen molar-refractivity contribution in [1.29, 1.82) is 0 Å². The van der Waals surface area contributed by atoms with Crippen molar-refractivity contribution in [3.63, 3.8) is 0 Å². The molecule has 0 bridgehead atoms. The lowest BCUT2D eigenvalue weighted by Crippen LogP contribution is -1.94. The Morgan fingerprint density at radius 3 is 1.90 bits per heavy atom. The highest BCUT2D eigenvalue weighted by molar-refractivity contribution is 5.74. The summed E-state index contributed by atoms with van der Waals surface area (Å²) in [4.78, 5) is 0. The van der Waals surface area contributed by atoms with Gasteiger partial charge in [-0.05, 0) is 42.2 Å². The van der Waals surface area contributed by atoms with E-state index >= 15 is 0 Å². The van der Waals surface area contributed by atoms with Gasteiger partial charge in [0.1, 0.15) is 5.75 Å². The number of phenols is 1. The van der Waals surface area contributed by atoms with Crippen LogP contribution < -0.4 is 4.74 Å². The highest BCUT2D eigenvalue weighted by atomic mass is 16.5. The Hall–Kier alpha value is -2.74. The largest absolute Gasteiger partial charge is 0.504 e. The highest BCUT2D eigenvalue weighted by Crippen LogP contribution is 2.38. The van der Waals surface area contributed by atoms with Crippen molar-refractivity contribution in [2.24, 2.45) is 0 Å². The van der Waals surface area contributed by atoms with Crippen LogP contribution in [0.3, 0.4) is 0 Å². The molecule has 0 fully saturated rings. The van der Waals surface area contributed by atoms with Gasteiger partial charge in [-0.2, -0.15) is 0 Å². The number of aryl methyl sites for hydroxylation is 1. The number of phenolic OH excluding ortho intramolecular Hbond substituents is 1. The maximum Gasteiger partial charge on any atom is 0.169 e. The maximum absolute atomic E-state index is 10.1. The molecule has 0 heterocycles. The third-order valence-corrected chi connectivity index (χ3v) is 5.58. The summed E-state index contributed by atoms with van der Waals surface area (Å²) in [5.74, 6) is 1.40. The Balaban J connectivity index is 1.66. The molecule has 0 aromatic heterocycles. The van der Waals surface area contributed by atoms with Crippen LogP contribution in [0.2, 0.25) is 0 Å². The molecular weight excluding hydrogens is 368 g/mol. The molecular formula is C28H34O2. The van der Waals surface area contributed by atoms with E-state index in [-0.39, 0.29) is 5.75 Å². The van der Waals surface area contributed by atoms with Gasteiger partial charge in [-0.3, -0.25) is 0 Å². The second kappa shape index (κ2) is 12.1. The normalized spacial score (nSPS) is 10.8. The molecule has 0 saturated heterocycles. The fraction of sp³-hybridized carbons (Fsp3) is 0.357. The van der Waals surface area contributed by atoms with Crippen LogP contribution in [0.15, 0.2) is 72.8 Å². The lowest BCUT2D eigenvalue weighted by molar-refractivity contribution is 0.412. The molecule has 0 aliphatic rings. The first-order valence-corrected chi connectivity index (χ1v) is 11.4. The lowest BCUT2D eigenvalue weighted by Gasteiger charge is -2.15. The monoisotopic (exact) mass is 402 g/mol. The Morgan fingerprint density at radius 1 is 0.600 bits per heavy atom. The van der Waals surface area contributed by atoms with E-state index in [1.54, 1.807) is 18.2 Å². The molecule has 0 aliphatic heterocycles. The minimum Gasteiger partial charge on any atom is -0.504 e. The van der Waals surface area contributed by atoms with E-state index in [1.807, 2.05) is 24.3 Å². The van der Waals surface area contributed by atoms with Crippen LogP contribution in [0.4, 0.5) is 0 Å². The Labute approximate surface area is 181 Å². The van der Waals surface area contributed by atoms with Crippen LogP contribution in [0.25, 0.3) is 11.1 Å². The zero-order chi connectivity index (χ0) is 21.0. The fourth-order valence-electron chi connectivity index (χ4n) is 3.89. The van der Waals surface area contributed by atoms with Gasteiger partial charge >= 0.3 is 0 Å². The average Bonchev–Trinajstić information content (AvgIpc) is 2.78. The van der Waals surface area contributed by atoms with Crippen molar-refractivity contribution in [3.8, 4) is 28.4 Å². The summed E-state index contributed by atoms with van der Waals surface area (Å²) < 4.78 is 6.09. The molecule has 2 heteroatoms. The predicted octanol–water partition coefficient (Wildman–Crippen LogP) is 8.53. The van der Waals surface area contributed by atoms with Crippen LogP contribution in [0.1, 0.15) is 63.9 Å². The van der Waals surface area contributed by atoms with Crippen molar-refractivity contribution in [1.82, 2.24) is 0 Å². The first kappa shape index (κ1) is 22.0. The molecule has 0 saturated carbocycles. The van der Waals surface area contributed by atoms with Crippen molar-refractivity contribution in [2.45, 2.75) is 64.7 Å². The van der Waals surface area contributed by atoms with Gasteiger partial charge < -0.3 is 9.84 Å². The van der Waals surface area contributed by atoms with Crippen LogP contribution in [-0.2, 0) is 6.42 Å². The summed E-state index contributed by atoms with van der Waals surface area (Å²) in [6, 6.07) is 23.8. The summed E-state index contributed by atoms with van der Waals surface area (Å²) in [6.07, 6.45) is 11.7. The smallest absolute Gasteiger partial charge is 0.169 e. The molecule has 3 aromatic rings. The number of benzene rings is 3. The van der Waals surface area contributed by atoms with Crippen molar-refractivity contribution < 1.29 is 9.84 Å². The van der Waals surface area contributed by atoms with E-state index in [0.29, 0.717) is 5.75 Å². The molecule has 0 amide bonds. The Morgan fingerprint density at radius 2 is 1.17 bits per heavy atom. The quantitative estimate of drug-likeness (QED) is 0.308. The van der Waals surface area contributed by atoms with E-state index in [4.69, 9.17) is 4.74 Å². The minimum absolute atomic E-state index is 0.152. The summed E-state index contributed by atoms with van der Waals surface area (Å²) in [5.41, 5.74) is 3.64.